The van der Waals surface area contributed by atoms with E-state index in [0.29, 0.717) is 11.8 Å². The number of hydrogen-bond acceptors (Lipinski definition) is 5. The first-order chi connectivity index (χ1) is 10.8. The number of halogens is 3. The van der Waals surface area contributed by atoms with E-state index in [1.807, 2.05) is 0 Å². The number of alkyl carbamates (subject to hydrolysis) is 1. The van der Waals surface area contributed by atoms with Gasteiger partial charge in [0, 0.05) is 10.4 Å². The van der Waals surface area contributed by atoms with E-state index in [2.05, 4.69) is 0 Å². The van der Waals surface area contributed by atoms with Gasteiger partial charge in [0.1, 0.15) is 22.8 Å². The largest absolute Gasteiger partial charge is 0.489 e. The fourth-order valence-electron chi connectivity index (χ4n) is 1.72. The van der Waals surface area contributed by atoms with Crippen LogP contribution in [0.1, 0.15) is 40.9 Å². The van der Waals surface area contributed by atoms with Crippen molar-refractivity contribution in [2.45, 2.75) is 52.4 Å². The highest BCUT2D eigenvalue weighted by molar-refractivity contribution is 7.14. The van der Waals surface area contributed by atoms with E-state index >= 15 is 0 Å². The van der Waals surface area contributed by atoms with Crippen LogP contribution >= 0.6 is 11.3 Å². The number of carbonyl (C=O) groups excluding carboxylic acids is 2. The second kappa shape index (κ2) is 7.42. The molecule has 0 aromatic carbocycles. The second-order valence-corrected chi connectivity index (χ2v) is 7.40. The predicted octanol–water partition coefficient (Wildman–Crippen LogP) is 4.01. The highest BCUT2D eigenvalue weighted by Crippen LogP contribution is 2.33. The number of hydrogen-bond donors (Lipinski definition) is 1. The summed E-state index contributed by atoms with van der Waals surface area (Å²) in [6.45, 7) is 7.15. The van der Waals surface area contributed by atoms with Crippen LogP contribution in [0, 0.1) is 13.8 Å². The van der Waals surface area contributed by atoms with Crippen molar-refractivity contribution >= 4 is 23.7 Å². The lowest BCUT2D eigenvalue weighted by atomic mass is 10.2. The number of carbonyl (C=O) groups is 2. The van der Waals surface area contributed by atoms with Crippen molar-refractivity contribution in [2.24, 2.45) is 0 Å². The Morgan fingerprint density at radius 2 is 1.88 bits per heavy atom. The molecule has 9 heteroatoms. The highest BCUT2D eigenvalue weighted by Gasteiger charge is 2.42. The molecule has 1 rings (SSSR count). The Morgan fingerprint density at radius 1 is 1.29 bits per heavy atom. The van der Waals surface area contributed by atoms with Gasteiger partial charge in [0.2, 0.25) is 0 Å². The molecule has 1 unspecified atom stereocenters. The fourth-order valence-corrected chi connectivity index (χ4v) is 2.65. The zero-order valence-corrected chi connectivity index (χ0v) is 14.9. The second-order valence-electron chi connectivity index (χ2n) is 6.15. The SMILES string of the molecule is Cc1sc(C=O)c(OCC(NC(=O)OC(C)(C)C)C(F)(F)F)c1C. The molecule has 24 heavy (non-hydrogen) atoms. The maximum Gasteiger partial charge on any atom is 0.412 e. The first-order valence-electron chi connectivity index (χ1n) is 7.09. The van der Waals surface area contributed by atoms with Gasteiger partial charge in [0.25, 0.3) is 0 Å². The molecule has 1 aromatic heterocycles. The van der Waals surface area contributed by atoms with Crippen LogP contribution in [0.4, 0.5) is 18.0 Å². The van der Waals surface area contributed by atoms with Gasteiger partial charge in [-0.05, 0) is 34.6 Å². The van der Waals surface area contributed by atoms with Gasteiger partial charge in [0.15, 0.2) is 12.3 Å². The molecule has 0 aliphatic rings. The lowest BCUT2D eigenvalue weighted by Gasteiger charge is -2.25. The van der Waals surface area contributed by atoms with Crippen LogP contribution in [-0.4, -0.2) is 36.8 Å². The minimum Gasteiger partial charge on any atom is -0.489 e. The van der Waals surface area contributed by atoms with Gasteiger partial charge >= 0.3 is 12.3 Å². The number of rotatable bonds is 5. The zero-order valence-electron chi connectivity index (χ0n) is 14.0. The Bertz CT molecular complexity index is 605. The van der Waals surface area contributed by atoms with Gasteiger partial charge < -0.3 is 14.8 Å². The Hall–Kier alpha value is -1.77. The van der Waals surface area contributed by atoms with E-state index in [9.17, 15) is 22.8 Å². The molecular formula is C15H20F3NO4S. The third-order valence-corrected chi connectivity index (χ3v) is 4.06. The summed E-state index contributed by atoms with van der Waals surface area (Å²) >= 11 is 1.14. The number of aldehydes is 1. The van der Waals surface area contributed by atoms with E-state index in [1.54, 1.807) is 39.9 Å². The predicted molar refractivity (Wildman–Crippen MR) is 83.9 cm³/mol. The zero-order chi connectivity index (χ0) is 18.7. The maximum atomic E-state index is 13.1. The van der Waals surface area contributed by atoms with E-state index in [4.69, 9.17) is 9.47 Å². The summed E-state index contributed by atoms with van der Waals surface area (Å²) in [7, 11) is 0. The van der Waals surface area contributed by atoms with Crippen molar-refractivity contribution in [1.82, 2.24) is 5.32 Å². The van der Waals surface area contributed by atoms with Crippen LogP contribution < -0.4 is 10.1 Å². The van der Waals surface area contributed by atoms with Crippen LogP contribution in [0.15, 0.2) is 0 Å². The lowest BCUT2D eigenvalue weighted by molar-refractivity contribution is -0.161. The molecule has 0 bridgehead atoms. The number of ether oxygens (including phenoxy) is 2. The highest BCUT2D eigenvalue weighted by atomic mass is 32.1. The molecule has 0 spiro atoms. The monoisotopic (exact) mass is 367 g/mol. The van der Waals surface area contributed by atoms with Crippen LogP contribution in [0.2, 0.25) is 0 Å². The average molecular weight is 367 g/mol. The van der Waals surface area contributed by atoms with Crippen molar-refractivity contribution in [1.29, 1.82) is 0 Å². The molecule has 0 saturated heterocycles. The normalized spacial score (nSPS) is 13.3. The molecule has 1 amide bonds. The number of aryl methyl sites for hydroxylation is 1. The van der Waals surface area contributed by atoms with Crippen LogP contribution in [0.5, 0.6) is 5.75 Å². The minimum absolute atomic E-state index is 0.104. The summed E-state index contributed by atoms with van der Waals surface area (Å²) < 4.78 is 49.3. The van der Waals surface area contributed by atoms with Gasteiger partial charge in [-0.3, -0.25) is 4.79 Å². The Kier molecular flexibility index (Phi) is 6.26. The molecule has 5 nitrogen and oxygen atoms in total. The Morgan fingerprint density at radius 3 is 2.33 bits per heavy atom. The van der Waals surface area contributed by atoms with Crippen molar-refractivity contribution < 1.29 is 32.2 Å². The number of nitrogens with one attached hydrogen (secondary N) is 1. The first-order valence-corrected chi connectivity index (χ1v) is 7.91. The summed E-state index contributed by atoms with van der Waals surface area (Å²) in [4.78, 5) is 23.6. The molecule has 136 valence electrons. The maximum absolute atomic E-state index is 13.1. The third-order valence-electron chi connectivity index (χ3n) is 2.94. The summed E-state index contributed by atoms with van der Waals surface area (Å²) in [5.74, 6) is 0.104. The Labute approximate surface area is 142 Å². The summed E-state index contributed by atoms with van der Waals surface area (Å²) in [6, 6.07) is -2.26. The van der Waals surface area contributed by atoms with Gasteiger partial charge in [-0.2, -0.15) is 13.2 Å². The molecule has 0 saturated carbocycles. The van der Waals surface area contributed by atoms with Crippen LogP contribution in [0.3, 0.4) is 0 Å². The van der Waals surface area contributed by atoms with Crippen molar-refractivity contribution in [2.75, 3.05) is 6.61 Å². The number of thiophene rings is 1. The fraction of sp³-hybridized carbons (Fsp3) is 0.600. The number of amides is 1. The first kappa shape index (κ1) is 20.3. The summed E-state index contributed by atoms with van der Waals surface area (Å²) in [5.41, 5.74) is -0.326. The molecule has 0 fully saturated rings. The van der Waals surface area contributed by atoms with Crippen LogP contribution in [-0.2, 0) is 4.74 Å². The third kappa shape index (κ3) is 5.70. The lowest BCUT2D eigenvalue weighted by Crippen LogP contribution is -2.50. The standard InChI is InChI=1S/C15H20F3NO4S/c1-8-9(2)24-10(6-20)12(8)22-7-11(15(16,17)18)19-13(21)23-14(3,4)5/h6,11H,7H2,1-5H3,(H,19,21). The Balaban J connectivity index is 2.85. The van der Waals surface area contributed by atoms with Crippen LogP contribution in [0.25, 0.3) is 0 Å². The molecule has 0 radical (unpaired) electrons. The van der Waals surface area contributed by atoms with E-state index in [-0.39, 0.29) is 10.6 Å². The molecule has 1 heterocycles. The van der Waals surface area contributed by atoms with E-state index in [0.717, 1.165) is 16.2 Å². The quantitative estimate of drug-likeness (QED) is 0.799. The van der Waals surface area contributed by atoms with Gasteiger partial charge in [-0.1, -0.05) is 0 Å². The van der Waals surface area contributed by atoms with E-state index < -0.39 is 30.5 Å². The van der Waals surface area contributed by atoms with Crippen molar-refractivity contribution in [3.8, 4) is 5.75 Å². The average Bonchev–Trinajstić information content (AvgIpc) is 2.67. The van der Waals surface area contributed by atoms with Crippen molar-refractivity contribution in [3.05, 3.63) is 15.3 Å². The van der Waals surface area contributed by atoms with E-state index in [1.165, 1.54) is 0 Å². The smallest absolute Gasteiger partial charge is 0.412 e. The van der Waals surface area contributed by atoms with Gasteiger partial charge in [-0.15, -0.1) is 11.3 Å². The topological polar surface area (TPSA) is 64.6 Å². The molecule has 1 atom stereocenters. The molecule has 0 aliphatic heterocycles. The molecular weight excluding hydrogens is 347 g/mol. The van der Waals surface area contributed by atoms with Gasteiger partial charge in [0.05, 0.1) is 0 Å². The number of alkyl halides is 3. The summed E-state index contributed by atoms with van der Waals surface area (Å²) in [5, 5.41) is 1.75. The van der Waals surface area contributed by atoms with Crippen molar-refractivity contribution in [3.63, 3.8) is 0 Å². The summed E-state index contributed by atoms with van der Waals surface area (Å²) in [6.07, 6.45) is -5.39. The minimum atomic E-state index is -4.72. The van der Waals surface area contributed by atoms with Gasteiger partial charge in [-0.25, -0.2) is 4.79 Å². The molecule has 0 aliphatic carbocycles. The molecule has 1 aromatic rings. The molecule has 1 N–H and O–H groups in total.